The first-order chi connectivity index (χ1) is 9.95. The third kappa shape index (κ3) is 2.91. The molecule has 0 saturated carbocycles. The van der Waals surface area contributed by atoms with Gasteiger partial charge in [-0.3, -0.25) is 0 Å². The Morgan fingerprint density at radius 2 is 1.67 bits per heavy atom. The number of nitrogens with zero attached hydrogens (tertiary/aromatic N) is 1. The predicted molar refractivity (Wildman–Crippen MR) is 93.9 cm³/mol. The van der Waals surface area contributed by atoms with Crippen molar-refractivity contribution in [2.24, 2.45) is 0 Å². The first kappa shape index (κ1) is 14.4. The molecule has 0 fully saturated rings. The maximum atomic E-state index is 3.61. The molecule has 0 aliphatic rings. The van der Waals surface area contributed by atoms with Crippen molar-refractivity contribution in [1.82, 2.24) is 4.57 Å². The lowest BCUT2D eigenvalue weighted by Gasteiger charge is -2.19. The molecule has 0 atom stereocenters. The van der Waals surface area contributed by atoms with E-state index in [1.54, 1.807) is 0 Å². The summed E-state index contributed by atoms with van der Waals surface area (Å²) in [6.07, 6.45) is 2.16. The van der Waals surface area contributed by atoms with Crippen LogP contribution in [0.25, 0.3) is 10.9 Å². The average Bonchev–Trinajstić information content (AvgIpc) is 2.83. The molecule has 0 saturated heterocycles. The number of hydrogen-bond donors (Lipinski definition) is 0. The Hall–Kier alpha value is -1.54. The van der Waals surface area contributed by atoms with E-state index in [0.717, 1.165) is 11.0 Å². The van der Waals surface area contributed by atoms with E-state index in [2.05, 4.69) is 96.0 Å². The largest absolute Gasteiger partial charge is 0.343 e. The fraction of sp³-hybridized carbons (Fsp3) is 0.263. The molecule has 0 amide bonds. The van der Waals surface area contributed by atoms with Crippen LogP contribution in [0.3, 0.4) is 0 Å². The molecule has 0 spiro atoms. The lowest BCUT2D eigenvalue weighted by atomic mass is 9.87. The molecule has 1 heterocycles. The summed E-state index contributed by atoms with van der Waals surface area (Å²) in [5, 5.41) is 1.27. The maximum absolute atomic E-state index is 3.61. The van der Waals surface area contributed by atoms with Crippen LogP contribution in [0.4, 0.5) is 0 Å². The van der Waals surface area contributed by atoms with Gasteiger partial charge in [0.15, 0.2) is 0 Å². The zero-order valence-electron chi connectivity index (χ0n) is 12.7. The topological polar surface area (TPSA) is 4.93 Å². The first-order valence-electron chi connectivity index (χ1n) is 7.28. The second-order valence-corrected chi connectivity index (χ2v) is 7.42. The fourth-order valence-electron chi connectivity index (χ4n) is 2.63. The number of hydrogen-bond acceptors (Lipinski definition) is 0. The molecular weight excluding hydrogens is 322 g/mol. The number of halogens is 1. The third-order valence-corrected chi connectivity index (χ3v) is 4.62. The molecule has 0 aliphatic heterocycles. The first-order valence-corrected chi connectivity index (χ1v) is 8.07. The van der Waals surface area contributed by atoms with Crippen molar-refractivity contribution in [3.8, 4) is 0 Å². The molecule has 0 bridgehead atoms. The van der Waals surface area contributed by atoms with Gasteiger partial charge in [-0.25, -0.2) is 0 Å². The third-order valence-electron chi connectivity index (χ3n) is 3.93. The molecule has 1 aromatic heterocycles. The van der Waals surface area contributed by atoms with Gasteiger partial charge in [0.05, 0.1) is 0 Å². The average molecular weight is 342 g/mol. The van der Waals surface area contributed by atoms with Crippen LogP contribution in [-0.4, -0.2) is 4.57 Å². The van der Waals surface area contributed by atoms with Gasteiger partial charge in [0.1, 0.15) is 0 Å². The van der Waals surface area contributed by atoms with Gasteiger partial charge < -0.3 is 4.57 Å². The highest BCUT2D eigenvalue weighted by Gasteiger charge is 2.13. The van der Waals surface area contributed by atoms with Crippen LogP contribution in [0.2, 0.25) is 0 Å². The van der Waals surface area contributed by atoms with Gasteiger partial charge >= 0.3 is 0 Å². The standard InChI is InChI=1S/C19H20BrN/c1-19(2,3)15-9-7-14(8-10-15)13-21-12-11-16-17(20)5-4-6-18(16)21/h4-12H,13H2,1-3H3. The van der Waals surface area contributed by atoms with Crippen LogP contribution < -0.4 is 0 Å². The van der Waals surface area contributed by atoms with E-state index in [-0.39, 0.29) is 5.41 Å². The SMILES string of the molecule is CC(C)(C)c1ccc(Cn2ccc3c(Br)cccc32)cc1. The number of rotatable bonds is 2. The predicted octanol–water partition coefficient (Wildman–Crippen LogP) is 5.75. The van der Waals surface area contributed by atoms with Crippen molar-refractivity contribution in [1.29, 1.82) is 0 Å². The van der Waals surface area contributed by atoms with Crippen molar-refractivity contribution in [3.63, 3.8) is 0 Å². The van der Waals surface area contributed by atoms with Gasteiger partial charge in [0.25, 0.3) is 0 Å². The van der Waals surface area contributed by atoms with E-state index in [1.165, 1.54) is 22.0 Å². The van der Waals surface area contributed by atoms with E-state index < -0.39 is 0 Å². The Bertz CT molecular complexity index is 760. The van der Waals surface area contributed by atoms with Crippen LogP contribution in [-0.2, 0) is 12.0 Å². The summed E-state index contributed by atoms with van der Waals surface area (Å²) >= 11 is 3.61. The van der Waals surface area contributed by atoms with Gasteiger partial charge in [-0.05, 0) is 34.7 Å². The van der Waals surface area contributed by atoms with Crippen molar-refractivity contribution in [2.75, 3.05) is 0 Å². The highest BCUT2D eigenvalue weighted by Crippen LogP contribution is 2.26. The van der Waals surface area contributed by atoms with Crippen LogP contribution in [0.5, 0.6) is 0 Å². The zero-order valence-corrected chi connectivity index (χ0v) is 14.3. The molecule has 2 aromatic carbocycles. The minimum Gasteiger partial charge on any atom is -0.343 e. The van der Waals surface area contributed by atoms with Crippen molar-refractivity contribution in [3.05, 3.63) is 70.3 Å². The van der Waals surface area contributed by atoms with E-state index >= 15 is 0 Å². The summed E-state index contributed by atoms with van der Waals surface area (Å²) in [5.74, 6) is 0. The molecule has 0 radical (unpaired) electrons. The molecule has 2 heteroatoms. The van der Waals surface area contributed by atoms with E-state index in [4.69, 9.17) is 0 Å². The Kier molecular flexibility index (Phi) is 3.66. The van der Waals surface area contributed by atoms with Crippen LogP contribution in [0.15, 0.2) is 59.2 Å². The van der Waals surface area contributed by atoms with Crippen molar-refractivity contribution in [2.45, 2.75) is 32.7 Å². The Balaban J connectivity index is 1.90. The van der Waals surface area contributed by atoms with Crippen LogP contribution >= 0.6 is 15.9 Å². The molecule has 0 unspecified atom stereocenters. The minimum absolute atomic E-state index is 0.212. The van der Waals surface area contributed by atoms with Crippen molar-refractivity contribution < 1.29 is 0 Å². The molecule has 0 aliphatic carbocycles. The minimum atomic E-state index is 0.212. The maximum Gasteiger partial charge on any atom is 0.0494 e. The summed E-state index contributed by atoms with van der Waals surface area (Å²) < 4.78 is 3.45. The van der Waals surface area contributed by atoms with Gasteiger partial charge in [0, 0.05) is 28.1 Å². The molecule has 108 valence electrons. The number of benzene rings is 2. The lowest BCUT2D eigenvalue weighted by molar-refractivity contribution is 0.590. The molecular formula is C19H20BrN. The smallest absolute Gasteiger partial charge is 0.0494 e. The summed E-state index contributed by atoms with van der Waals surface area (Å²) in [4.78, 5) is 0. The van der Waals surface area contributed by atoms with E-state index in [9.17, 15) is 0 Å². The number of fused-ring (bicyclic) bond motifs is 1. The van der Waals surface area contributed by atoms with Gasteiger partial charge in [-0.15, -0.1) is 0 Å². The van der Waals surface area contributed by atoms with E-state index in [1.807, 2.05) is 0 Å². The van der Waals surface area contributed by atoms with Crippen LogP contribution in [0, 0.1) is 0 Å². The lowest BCUT2D eigenvalue weighted by Crippen LogP contribution is -2.10. The van der Waals surface area contributed by atoms with Gasteiger partial charge in [-0.1, -0.05) is 67.0 Å². The summed E-state index contributed by atoms with van der Waals surface area (Å²) in [5.41, 5.74) is 4.19. The molecule has 3 rings (SSSR count). The summed E-state index contributed by atoms with van der Waals surface area (Å²) in [6.45, 7) is 7.65. The second-order valence-electron chi connectivity index (χ2n) is 6.56. The highest BCUT2D eigenvalue weighted by molar-refractivity contribution is 9.10. The molecule has 1 nitrogen and oxygen atoms in total. The summed E-state index contributed by atoms with van der Waals surface area (Å²) in [7, 11) is 0. The Labute approximate surface area is 134 Å². The Morgan fingerprint density at radius 3 is 2.33 bits per heavy atom. The zero-order chi connectivity index (χ0) is 15.0. The van der Waals surface area contributed by atoms with Gasteiger partial charge in [-0.2, -0.15) is 0 Å². The molecule has 3 aromatic rings. The van der Waals surface area contributed by atoms with Crippen molar-refractivity contribution >= 4 is 26.8 Å². The van der Waals surface area contributed by atoms with Gasteiger partial charge in [0.2, 0.25) is 0 Å². The highest BCUT2D eigenvalue weighted by atomic mass is 79.9. The normalized spacial score (nSPS) is 12.0. The number of aromatic nitrogens is 1. The molecule has 0 N–H and O–H groups in total. The monoisotopic (exact) mass is 341 g/mol. The second kappa shape index (κ2) is 5.34. The molecule has 21 heavy (non-hydrogen) atoms. The fourth-order valence-corrected chi connectivity index (χ4v) is 3.12. The van der Waals surface area contributed by atoms with E-state index in [0.29, 0.717) is 0 Å². The summed E-state index contributed by atoms with van der Waals surface area (Å²) in [6, 6.07) is 17.5. The van der Waals surface area contributed by atoms with Crippen LogP contribution in [0.1, 0.15) is 31.9 Å². The quantitative estimate of drug-likeness (QED) is 0.559. The Morgan fingerprint density at radius 1 is 0.952 bits per heavy atom.